The first-order chi connectivity index (χ1) is 5.62. The number of urea groups is 1. The summed E-state index contributed by atoms with van der Waals surface area (Å²) in [6, 6.07) is -0.157. The van der Waals surface area contributed by atoms with Crippen molar-refractivity contribution in [1.82, 2.24) is 16.0 Å². The average Bonchev–Trinajstić information content (AvgIpc) is 2.16. The fourth-order valence-electron chi connectivity index (χ4n) is 0.227. The van der Waals surface area contributed by atoms with E-state index in [0.717, 1.165) is 0 Å². The molecule has 0 aromatic rings. The van der Waals surface area contributed by atoms with Gasteiger partial charge in [-0.05, 0) is 6.26 Å². The molecule has 0 aromatic heterocycles. The summed E-state index contributed by atoms with van der Waals surface area (Å²) >= 11 is 1.17. The van der Waals surface area contributed by atoms with Gasteiger partial charge in [0.2, 0.25) is 0 Å². The van der Waals surface area contributed by atoms with Gasteiger partial charge in [-0.1, -0.05) is 26.6 Å². The molecule has 0 saturated carbocycles. The zero-order valence-corrected chi connectivity index (χ0v) is 8.54. The second kappa shape index (κ2) is 18.0. The van der Waals surface area contributed by atoms with Gasteiger partial charge < -0.3 is 16.0 Å². The standard InChI is InChI=1S/C3H8N2O.C3H7NOS.2CH4/c1-4-3(6)5-2;1-4-3(5)6-2;;/h1-2H3,(H2,4,5,6);1-2H3,(H,4,5);2*1H4. The molecule has 0 heterocycles. The normalized spacial score (nSPS) is 6.29. The van der Waals surface area contributed by atoms with Crippen LogP contribution in [-0.4, -0.2) is 38.7 Å². The molecular weight excluding hydrogens is 202 g/mol. The summed E-state index contributed by atoms with van der Waals surface area (Å²) < 4.78 is 0. The van der Waals surface area contributed by atoms with Crippen LogP contribution in [0, 0.1) is 0 Å². The summed E-state index contributed by atoms with van der Waals surface area (Å²) in [5.41, 5.74) is 0. The number of hydrogen-bond donors (Lipinski definition) is 3. The maximum absolute atomic E-state index is 10.0. The summed E-state index contributed by atoms with van der Waals surface area (Å²) in [5.74, 6) is 0. The monoisotopic (exact) mass is 225 g/mol. The summed E-state index contributed by atoms with van der Waals surface area (Å²) in [5, 5.41) is 7.18. The molecule has 0 atom stereocenters. The van der Waals surface area contributed by atoms with E-state index >= 15 is 0 Å². The minimum atomic E-state index is -0.157. The quantitative estimate of drug-likeness (QED) is 0.585. The van der Waals surface area contributed by atoms with Gasteiger partial charge >= 0.3 is 6.03 Å². The number of amides is 3. The van der Waals surface area contributed by atoms with Gasteiger partial charge in [-0.25, -0.2) is 4.79 Å². The molecule has 0 rings (SSSR count). The molecule has 0 spiro atoms. The van der Waals surface area contributed by atoms with Crippen molar-refractivity contribution in [2.75, 3.05) is 27.4 Å². The Kier molecular flexibility index (Phi) is 29.8. The van der Waals surface area contributed by atoms with Crippen molar-refractivity contribution in [3.8, 4) is 0 Å². The van der Waals surface area contributed by atoms with E-state index in [9.17, 15) is 9.59 Å². The van der Waals surface area contributed by atoms with Crippen LogP contribution >= 0.6 is 11.8 Å². The van der Waals surface area contributed by atoms with E-state index < -0.39 is 0 Å². The number of hydrogen-bond acceptors (Lipinski definition) is 3. The third-order valence-electron chi connectivity index (χ3n) is 0.844. The third kappa shape index (κ3) is 22.5. The minimum absolute atomic E-state index is 0. The fourth-order valence-corrected chi connectivity index (χ4v) is 0.431. The highest BCUT2D eigenvalue weighted by Gasteiger charge is 1.85. The Morgan fingerprint density at radius 3 is 1.29 bits per heavy atom. The van der Waals surface area contributed by atoms with Crippen molar-refractivity contribution in [1.29, 1.82) is 0 Å². The number of thioether (sulfide) groups is 1. The third-order valence-corrected chi connectivity index (χ3v) is 1.42. The van der Waals surface area contributed by atoms with Crippen LogP contribution in [0.5, 0.6) is 0 Å². The lowest BCUT2D eigenvalue weighted by Crippen LogP contribution is -2.28. The second-order valence-electron chi connectivity index (χ2n) is 1.57. The largest absolute Gasteiger partial charge is 0.350 e. The van der Waals surface area contributed by atoms with Crippen molar-refractivity contribution < 1.29 is 9.59 Å². The van der Waals surface area contributed by atoms with Gasteiger partial charge in [0.25, 0.3) is 5.24 Å². The van der Waals surface area contributed by atoms with Gasteiger partial charge in [0.15, 0.2) is 0 Å². The molecule has 3 amide bonds. The molecule has 6 heteroatoms. The highest BCUT2D eigenvalue weighted by molar-refractivity contribution is 8.12. The van der Waals surface area contributed by atoms with Crippen molar-refractivity contribution in [2.45, 2.75) is 14.9 Å². The van der Waals surface area contributed by atoms with Crippen molar-refractivity contribution in [2.24, 2.45) is 0 Å². The van der Waals surface area contributed by atoms with E-state index in [4.69, 9.17) is 0 Å². The highest BCUT2D eigenvalue weighted by atomic mass is 32.2. The fraction of sp³-hybridized carbons (Fsp3) is 0.750. The number of carbonyl (C=O) groups excluding carboxylic acids is 2. The molecule has 0 bridgehead atoms. The molecule has 0 aliphatic rings. The van der Waals surface area contributed by atoms with Crippen molar-refractivity contribution >= 4 is 23.0 Å². The summed E-state index contributed by atoms with van der Waals surface area (Å²) in [7, 11) is 4.75. The molecule has 0 aliphatic carbocycles. The molecule has 0 aromatic carbocycles. The Balaban J connectivity index is -0.0000000625. The lowest BCUT2D eigenvalue weighted by molar-refractivity contribution is 0.245. The van der Waals surface area contributed by atoms with Gasteiger partial charge in [-0.3, -0.25) is 4.79 Å². The van der Waals surface area contributed by atoms with Gasteiger partial charge in [0, 0.05) is 21.1 Å². The molecule has 0 unspecified atom stereocenters. The lowest BCUT2D eigenvalue weighted by atomic mass is 11.0. The first kappa shape index (κ1) is 23.2. The maximum Gasteiger partial charge on any atom is 0.314 e. The Bertz CT molecular complexity index is 115. The number of rotatable bonds is 0. The van der Waals surface area contributed by atoms with Gasteiger partial charge in [-0.2, -0.15) is 0 Å². The van der Waals surface area contributed by atoms with Crippen LogP contribution in [0.15, 0.2) is 0 Å². The Hall–Kier alpha value is -0.910. The summed E-state index contributed by atoms with van der Waals surface area (Å²) in [6.45, 7) is 0. The predicted molar refractivity (Wildman–Crippen MR) is 64.9 cm³/mol. The summed E-state index contributed by atoms with van der Waals surface area (Å²) in [4.78, 5) is 20.0. The van der Waals surface area contributed by atoms with Gasteiger partial charge in [0.1, 0.15) is 0 Å². The van der Waals surface area contributed by atoms with Crippen LogP contribution in [-0.2, 0) is 0 Å². The molecule has 3 N–H and O–H groups in total. The topological polar surface area (TPSA) is 70.2 Å². The van der Waals surface area contributed by atoms with Gasteiger partial charge in [0.05, 0.1) is 0 Å². The molecule has 0 saturated heterocycles. The van der Waals surface area contributed by atoms with E-state index in [-0.39, 0.29) is 26.1 Å². The average molecular weight is 225 g/mol. The van der Waals surface area contributed by atoms with Crippen LogP contribution < -0.4 is 16.0 Å². The van der Waals surface area contributed by atoms with E-state index in [0.29, 0.717) is 0 Å². The highest BCUT2D eigenvalue weighted by Crippen LogP contribution is 1.88. The first-order valence-corrected chi connectivity index (χ1v) is 4.50. The Morgan fingerprint density at radius 1 is 0.929 bits per heavy atom. The SMILES string of the molecule is C.C.CNC(=O)NC.CNC(=O)SC. The smallest absolute Gasteiger partial charge is 0.314 e. The number of carbonyl (C=O) groups is 2. The Labute approximate surface area is 91.4 Å². The van der Waals surface area contributed by atoms with E-state index in [2.05, 4.69) is 16.0 Å². The Morgan fingerprint density at radius 2 is 1.29 bits per heavy atom. The predicted octanol–water partition coefficient (Wildman–Crippen LogP) is 1.51. The molecule has 5 nitrogen and oxygen atoms in total. The molecule has 0 radical (unpaired) electrons. The first-order valence-electron chi connectivity index (χ1n) is 3.27. The molecular formula is C8H23N3O2S. The van der Waals surface area contributed by atoms with Gasteiger partial charge in [-0.15, -0.1) is 0 Å². The van der Waals surface area contributed by atoms with Crippen molar-refractivity contribution in [3.05, 3.63) is 0 Å². The van der Waals surface area contributed by atoms with E-state index in [1.165, 1.54) is 11.8 Å². The van der Waals surface area contributed by atoms with E-state index in [1.807, 2.05) is 0 Å². The number of nitrogens with one attached hydrogen (secondary N) is 3. The molecule has 0 aliphatic heterocycles. The van der Waals surface area contributed by atoms with Crippen LogP contribution in [0.3, 0.4) is 0 Å². The van der Waals surface area contributed by atoms with Crippen LogP contribution in [0.2, 0.25) is 0 Å². The van der Waals surface area contributed by atoms with Crippen LogP contribution in [0.4, 0.5) is 9.59 Å². The minimum Gasteiger partial charge on any atom is -0.350 e. The van der Waals surface area contributed by atoms with Crippen LogP contribution in [0.1, 0.15) is 14.9 Å². The summed E-state index contributed by atoms with van der Waals surface area (Å²) in [6.07, 6.45) is 1.73. The zero-order chi connectivity index (χ0) is 9.98. The lowest BCUT2D eigenvalue weighted by Gasteiger charge is -1.91. The molecule has 88 valence electrons. The van der Waals surface area contributed by atoms with Crippen molar-refractivity contribution in [3.63, 3.8) is 0 Å². The molecule has 0 fully saturated rings. The second-order valence-corrected chi connectivity index (χ2v) is 2.35. The van der Waals surface area contributed by atoms with E-state index in [1.54, 1.807) is 27.4 Å². The maximum atomic E-state index is 10.0. The molecule has 14 heavy (non-hydrogen) atoms. The zero-order valence-electron chi connectivity index (χ0n) is 7.72. The van der Waals surface area contributed by atoms with Crippen LogP contribution in [0.25, 0.3) is 0 Å².